The van der Waals surface area contributed by atoms with Crippen LogP contribution in [0.3, 0.4) is 0 Å². The number of ether oxygens (including phenoxy) is 1. The monoisotopic (exact) mass is 394 g/mol. The van der Waals surface area contributed by atoms with E-state index in [9.17, 15) is 0 Å². The van der Waals surface area contributed by atoms with Gasteiger partial charge >= 0.3 is 0 Å². The van der Waals surface area contributed by atoms with Gasteiger partial charge in [-0.05, 0) is 47.7 Å². The summed E-state index contributed by atoms with van der Waals surface area (Å²) in [6.07, 6.45) is 6.20. The van der Waals surface area contributed by atoms with Crippen LogP contribution in [0.5, 0.6) is 0 Å². The molecule has 4 rings (SSSR count). The fraction of sp³-hybridized carbons (Fsp3) is 0.200. The van der Waals surface area contributed by atoms with Gasteiger partial charge in [0.05, 0.1) is 18.9 Å². The van der Waals surface area contributed by atoms with Crippen LogP contribution >= 0.6 is 11.6 Å². The molecule has 1 saturated heterocycles. The number of nitrogens with zero attached hydrogens (tertiary/aromatic N) is 4. The van der Waals surface area contributed by atoms with E-state index in [0.717, 1.165) is 35.4 Å². The van der Waals surface area contributed by atoms with Crippen molar-refractivity contribution in [1.29, 1.82) is 5.41 Å². The molecule has 3 aromatic rings. The van der Waals surface area contributed by atoms with Gasteiger partial charge in [0.15, 0.2) is 0 Å². The standard InChI is InChI=1S/C20H19ClN6O/c21-17-11-13(2-5-24-17)15-12-18(27-7-9-28-10-8-27)26-19-14(15)3-6-25-20(19)16(23)1-4-22/h1-6,11-12,23H,7-10,22H2. The van der Waals surface area contributed by atoms with Gasteiger partial charge in [-0.15, -0.1) is 0 Å². The molecule has 0 aliphatic carbocycles. The summed E-state index contributed by atoms with van der Waals surface area (Å²) in [5.74, 6) is 0.817. The van der Waals surface area contributed by atoms with E-state index in [1.807, 2.05) is 24.3 Å². The normalized spacial score (nSPS) is 14.7. The maximum Gasteiger partial charge on any atom is 0.130 e. The van der Waals surface area contributed by atoms with Crippen LogP contribution in [0.25, 0.3) is 22.0 Å². The molecule has 28 heavy (non-hydrogen) atoms. The van der Waals surface area contributed by atoms with Crippen LogP contribution < -0.4 is 10.6 Å². The van der Waals surface area contributed by atoms with Crippen molar-refractivity contribution in [2.45, 2.75) is 0 Å². The van der Waals surface area contributed by atoms with E-state index in [1.165, 1.54) is 12.3 Å². The third-order valence-corrected chi connectivity index (χ3v) is 4.81. The van der Waals surface area contributed by atoms with Crippen molar-refractivity contribution in [3.63, 3.8) is 0 Å². The lowest BCUT2D eigenvalue weighted by atomic mass is 10.0. The molecule has 4 heterocycles. The number of nitrogens with two attached hydrogens (primary N) is 1. The summed E-state index contributed by atoms with van der Waals surface area (Å²) in [7, 11) is 0. The molecule has 0 atom stereocenters. The molecule has 1 aliphatic rings. The van der Waals surface area contributed by atoms with Gasteiger partial charge in [0, 0.05) is 30.9 Å². The zero-order valence-electron chi connectivity index (χ0n) is 15.1. The maximum absolute atomic E-state index is 8.30. The lowest BCUT2D eigenvalue weighted by Crippen LogP contribution is -2.36. The van der Waals surface area contributed by atoms with Crippen LogP contribution in [-0.2, 0) is 4.74 Å². The summed E-state index contributed by atoms with van der Waals surface area (Å²) in [5, 5.41) is 9.61. The Morgan fingerprint density at radius 2 is 1.96 bits per heavy atom. The first-order valence-corrected chi connectivity index (χ1v) is 9.27. The highest BCUT2D eigenvalue weighted by Crippen LogP contribution is 2.33. The molecular formula is C20H19ClN6O. The largest absolute Gasteiger partial charge is 0.405 e. The summed E-state index contributed by atoms with van der Waals surface area (Å²) in [6.45, 7) is 2.82. The minimum Gasteiger partial charge on any atom is -0.405 e. The lowest BCUT2D eigenvalue weighted by molar-refractivity contribution is 0.122. The third-order valence-electron chi connectivity index (χ3n) is 4.60. The highest BCUT2D eigenvalue weighted by Gasteiger charge is 2.18. The Kier molecular flexibility index (Phi) is 5.18. The van der Waals surface area contributed by atoms with Crippen LogP contribution in [0.4, 0.5) is 5.82 Å². The minimum absolute atomic E-state index is 0.207. The molecule has 3 aromatic heterocycles. The molecule has 1 aliphatic heterocycles. The summed E-state index contributed by atoms with van der Waals surface area (Å²) < 4.78 is 5.47. The molecule has 0 radical (unpaired) electrons. The summed E-state index contributed by atoms with van der Waals surface area (Å²) >= 11 is 6.13. The van der Waals surface area contributed by atoms with Crippen LogP contribution in [0, 0.1) is 5.41 Å². The van der Waals surface area contributed by atoms with Gasteiger partial charge < -0.3 is 15.4 Å². The number of hydrogen-bond acceptors (Lipinski definition) is 7. The quantitative estimate of drug-likeness (QED) is 0.521. The van der Waals surface area contributed by atoms with Crippen molar-refractivity contribution in [1.82, 2.24) is 15.0 Å². The SMILES string of the molecule is N=C(C=CN)c1nccc2c(-c3ccnc(Cl)c3)cc(N3CCOCC3)nc12. The first-order valence-electron chi connectivity index (χ1n) is 8.89. The fourth-order valence-corrected chi connectivity index (χ4v) is 3.45. The number of anilines is 1. The average molecular weight is 395 g/mol. The van der Waals surface area contributed by atoms with Gasteiger partial charge in [0.2, 0.25) is 0 Å². The van der Waals surface area contributed by atoms with E-state index in [2.05, 4.69) is 14.9 Å². The molecule has 0 amide bonds. The van der Waals surface area contributed by atoms with Gasteiger partial charge in [0.25, 0.3) is 0 Å². The zero-order chi connectivity index (χ0) is 19.5. The first-order chi connectivity index (χ1) is 13.7. The molecule has 3 N–H and O–H groups in total. The predicted molar refractivity (Wildman–Crippen MR) is 111 cm³/mol. The number of morpholine rings is 1. The molecule has 142 valence electrons. The third kappa shape index (κ3) is 3.54. The number of rotatable bonds is 4. The van der Waals surface area contributed by atoms with E-state index in [0.29, 0.717) is 29.6 Å². The van der Waals surface area contributed by atoms with Crippen LogP contribution in [-0.4, -0.2) is 47.0 Å². The van der Waals surface area contributed by atoms with Gasteiger partial charge in [-0.25, -0.2) is 9.97 Å². The number of halogens is 1. The van der Waals surface area contributed by atoms with Gasteiger partial charge in [0.1, 0.15) is 22.2 Å². The molecule has 0 spiro atoms. The molecule has 1 fully saturated rings. The highest BCUT2D eigenvalue weighted by atomic mass is 35.5. The van der Waals surface area contributed by atoms with E-state index in [1.54, 1.807) is 12.4 Å². The molecule has 0 bridgehead atoms. The van der Waals surface area contributed by atoms with Crippen LogP contribution in [0.15, 0.2) is 48.9 Å². The Morgan fingerprint density at radius 3 is 2.71 bits per heavy atom. The fourth-order valence-electron chi connectivity index (χ4n) is 3.27. The predicted octanol–water partition coefficient (Wildman–Crippen LogP) is 3.02. The summed E-state index contributed by atoms with van der Waals surface area (Å²) in [4.78, 5) is 15.5. The van der Waals surface area contributed by atoms with Crippen molar-refractivity contribution in [3.8, 4) is 11.1 Å². The number of aromatic nitrogens is 3. The van der Waals surface area contributed by atoms with Crippen LogP contribution in [0.2, 0.25) is 5.15 Å². The second kappa shape index (κ2) is 7.92. The van der Waals surface area contributed by atoms with Crippen molar-refractivity contribution in [2.24, 2.45) is 5.73 Å². The van der Waals surface area contributed by atoms with Gasteiger partial charge in [-0.3, -0.25) is 10.4 Å². The topological polar surface area (TPSA) is 101 Å². The Balaban J connectivity index is 1.98. The van der Waals surface area contributed by atoms with Crippen molar-refractivity contribution < 1.29 is 4.74 Å². The minimum atomic E-state index is 0.207. The van der Waals surface area contributed by atoms with Crippen molar-refractivity contribution in [2.75, 3.05) is 31.2 Å². The van der Waals surface area contributed by atoms with Gasteiger partial charge in [-0.1, -0.05) is 11.6 Å². The number of nitrogens with one attached hydrogen (secondary N) is 1. The summed E-state index contributed by atoms with van der Waals surface area (Å²) in [6, 6.07) is 7.68. The molecular weight excluding hydrogens is 376 g/mol. The van der Waals surface area contributed by atoms with Crippen molar-refractivity contribution in [3.05, 3.63) is 59.8 Å². The average Bonchev–Trinajstić information content (AvgIpc) is 2.73. The number of pyridine rings is 3. The van der Waals surface area contributed by atoms with Crippen molar-refractivity contribution >= 4 is 34.0 Å². The smallest absolute Gasteiger partial charge is 0.130 e. The maximum atomic E-state index is 8.30. The Labute approximate surface area is 167 Å². The second-order valence-electron chi connectivity index (χ2n) is 6.32. The molecule has 8 heteroatoms. The lowest BCUT2D eigenvalue weighted by Gasteiger charge is -2.28. The Hall–Kier alpha value is -3.03. The summed E-state index contributed by atoms with van der Waals surface area (Å²) in [5.41, 5.74) is 8.71. The van der Waals surface area contributed by atoms with E-state index in [4.69, 9.17) is 32.5 Å². The molecule has 0 saturated carbocycles. The highest BCUT2D eigenvalue weighted by molar-refractivity contribution is 6.29. The zero-order valence-corrected chi connectivity index (χ0v) is 15.9. The molecule has 0 unspecified atom stereocenters. The van der Waals surface area contributed by atoms with Crippen LogP contribution in [0.1, 0.15) is 5.69 Å². The van der Waals surface area contributed by atoms with E-state index >= 15 is 0 Å². The second-order valence-corrected chi connectivity index (χ2v) is 6.71. The number of allylic oxidation sites excluding steroid dienone is 1. The number of fused-ring (bicyclic) bond motifs is 1. The first kappa shape index (κ1) is 18.3. The Bertz CT molecular complexity index is 1060. The molecule has 7 nitrogen and oxygen atoms in total. The molecule has 0 aromatic carbocycles. The van der Waals surface area contributed by atoms with Gasteiger partial charge in [-0.2, -0.15) is 0 Å². The Morgan fingerprint density at radius 1 is 1.18 bits per heavy atom. The van der Waals surface area contributed by atoms with E-state index < -0.39 is 0 Å². The van der Waals surface area contributed by atoms with E-state index in [-0.39, 0.29) is 5.71 Å². The number of hydrogen-bond donors (Lipinski definition) is 2.